The summed E-state index contributed by atoms with van der Waals surface area (Å²) in [4.78, 5) is 37.0. The van der Waals surface area contributed by atoms with Crippen molar-refractivity contribution < 1.29 is 28.6 Å². The highest BCUT2D eigenvalue weighted by molar-refractivity contribution is 7.17. The molecular formula is C17H23NO6S. The molecule has 0 saturated heterocycles. The lowest BCUT2D eigenvalue weighted by Crippen LogP contribution is -2.17. The number of rotatable bonds is 9. The topological polar surface area (TPSA) is 90.9 Å². The quantitative estimate of drug-likeness (QED) is 0.531. The van der Waals surface area contributed by atoms with Gasteiger partial charge in [-0.2, -0.15) is 0 Å². The molecule has 1 heterocycles. The molecule has 1 aliphatic rings. The highest BCUT2D eigenvalue weighted by Crippen LogP contribution is 2.39. The van der Waals surface area contributed by atoms with E-state index in [0.717, 1.165) is 29.7 Å². The zero-order valence-electron chi connectivity index (χ0n) is 14.5. The third-order valence-corrected chi connectivity index (χ3v) is 4.97. The summed E-state index contributed by atoms with van der Waals surface area (Å²) in [7, 11) is 1.51. The number of amides is 1. The molecule has 0 spiro atoms. The van der Waals surface area contributed by atoms with Gasteiger partial charge in [-0.3, -0.25) is 9.59 Å². The molecule has 0 unspecified atom stereocenters. The van der Waals surface area contributed by atoms with Crippen molar-refractivity contribution in [2.45, 2.75) is 39.0 Å². The van der Waals surface area contributed by atoms with Crippen LogP contribution in [0.15, 0.2) is 0 Å². The predicted octanol–water partition coefficient (Wildman–Crippen LogP) is 2.32. The molecule has 2 rings (SSSR count). The molecule has 0 fully saturated rings. The molecule has 1 N–H and O–H groups in total. The number of hydrogen-bond acceptors (Lipinski definition) is 7. The van der Waals surface area contributed by atoms with Crippen LogP contribution in [0.2, 0.25) is 0 Å². The second-order valence-corrected chi connectivity index (χ2v) is 6.65. The van der Waals surface area contributed by atoms with E-state index in [1.54, 1.807) is 6.92 Å². The van der Waals surface area contributed by atoms with Gasteiger partial charge in [0.15, 0.2) is 0 Å². The van der Waals surface area contributed by atoms with Crippen LogP contribution in [-0.4, -0.2) is 44.8 Å². The van der Waals surface area contributed by atoms with Gasteiger partial charge >= 0.3 is 11.9 Å². The van der Waals surface area contributed by atoms with Crippen molar-refractivity contribution in [2.24, 2.45) is 0 Å². The van der Waals surface area contributed by atoms with Crippen LogP contribution < -0.4 is 5.32 Å². The van der Waals surface area contributed by atoms with Crippen LogP contribution in [0.3, 0.4) is 0 Å². The third-order valence-electron chi connectivity index (χ3n) is 3.76. The van der Waals surface area contributed by atoms with E-state index in [9.17, 15) is 14.4 Å². The minimum atomic E-state index is -0.452. The average Bonchev–Trinajstić information content (AvgIpc) is 3.13. The Kier molecular flexibility index (Phi) is 7.39. The monoisotopic (exact) mass is 369 g/mol. The summed E-state index contributed by atoms with van der Waals surface area (Å²) in [5, 5.41) is 3.26. The Hall–Kier alpha value is -1.93. The Morgan fingerprint density at radius 1 is 1.12 bits per heavy atom. The molecule has 138 valence electrons. The third kappa shape index (κ3) is 5.27. The van der Waals surface area contributed by atoms with Gasteiger partial charge in [0.05, 0.1) is 25.2 Å². The van der Waals surface area contributed by atoms with Crippen molar-refractivity contribution >= 4 is 34.2 Å². The normalized spacial score (nSPS) is 12.6. The number of carbonyl (C=O) groups is 3. The first-order chi connectivity index (χ1) is 12.1. The SMILES string of the molecule is CCOC(=O)c1c(NC(=O)CCC(=O)OCCOC)sc2c1CCC2. The molecule has 0 atom stereocenters. The molecule has 1 aliphatic carbocycles. The summed E-state index contributed by atoms with van der Waals surface area (Å²) in [6, 6.07) is 0. The maximum Gasteiger partial charge on any atom is 0.341 e. The smallest absolute Gasteiger partial charge is 0.341 e. The Balaban J connectivity index is 1.94. The fourth-order valence-corrected chi connectivity index (χ4v) is 3.92. The number of esters is 2. The van der Waals surface area contributed by atoms with Gasteiger partial charge in [-0.15, -0.1) is 11.3 Å². The van der Waals surface area contributed by atoms with Crippen LogP contribution in [0.25, 0.3) is 0 Å². The standard InChI is InChI=1S/C17H23NO6S/c1-3-23-17(21)15-11-5-4-6-12(11)25-16(15)18-13(19)7-8-14(20)24-10-9-22-2/h3-10H2,1-2H3,(H,18,19). The number of thiophene rings is 1. The van der Waals surface area contributed by atoms with Crippen LogP contribution in [-0.2, 0) is 36.6 Å². The van der Waals surface area contributed by atoms with Gasteiger partial charge in [-0.05, 0) is 31.7 Å². The lowest BCUT2D eigenvalue weighted by atomic mass is 10.1. The lowest BCUT2D eigenvalue weighted by molar-refractivity contribution is -0.145. The van der Waals surface area contributed by atoms with Crippen molar-refractivity contribution in [3.8, 4) is 0 Å². The molecule has 1 amide bonds. The summed E-state index contributed by atoms with van der Waals surface area (Å²) < 4.78 is 14.8. The second-order valence-electron chi connectivity index (χ2n) is 5.54. The van der Waals surface area contributed by atoms with Crippen molar-refractivity contribution in [3.63, 3.8) is 0 Å². The summed E-state index contributed by atoms with van der Waals surface area (Å²) in [5.74, 6) is -1.18. The summed E-state index contributed by atoms with van der Waals surface area (Å²) in [6.07, 6.45) is 2.72. The zero-order chi connectivity index (χ0) is 18.2. The van der Waals surface area contributed by atoms with Crippen LogP contribution in [0, 0.1) is 0 Å². The number of aryl methyl sites for hydroxylation is 1. The van der Waals surface area contributed by atoms with Crippen LogP contribution >= 0.6 is 11.3 Å². The van der Waals surface area contributed by atoms with Crippen molar-refractivity contribution in [1.82, 2.24) is 0 Å². The van der Waals surface area contributed by atoms with E-state index < -0.39 is 11.9 Å². The molecule has 0 saturated carbocycles. The Bertz CT molecular complexity index is 639. The van der Waals surface area contributed by atoms with E-state index in [2.05, 4.69) is 5.32 Å². The summed E-state index contributed by atoms with van der Waals surface area (Å²) in [5.41, 5.74) is 1.45. The van der Waals surface area contributed by atoms with E-state index >= 15 is 0 Å². The molecule has 1 aromatic heterocycles. The Morgan fingerprint density at radius 2 is 1.92 bits per heavy atom. The number of ether oxygens (including phenoxy) is 3. The molecular weight excluding hydrogens is 346 g/mol. The molecule has 0 radical (unpaired) electrons. The number of carbonyl (C=O) groups excluding carboxylic acids is 3. The Morgan fingerprint density at radius 3 is 2.64 bits per heavy atom. The fraction of sp³-hybridized carbons (Fsp3) is 0.588. The van der Waals surface area contributed by atoms with E-state index in [1.807, 2.05) is 0 Å². The largest absolute Gasteiger partial charge is 0.463 e. The van der Waals surface area contributed by atoms with E-state index in [0.29, 0.717) is 17.2 Å². The van der Waals surface area contributed by atoms with Gasteiger partial charge in [-0.1, -0.05) is 0 Å². The van der Waals surface area contributed by atoms with E-state index in [4.69, 9.17) is 14.2 Å². The van der Waals surface area contributed by atoms with Gasteiger partial charge in [0, 0.05) is 18.4 Å². The van der Waals surface area contributed by atoms with E-state index in [1.165, 1.54) is 18.4 Å². The maximum absolute atomic E-state index is 12.2. The molecule has 7 nitrogen and oxygen atoms in total. The van der Waals surface area contributed by atoms with Crippen LogP contribution in [0.5, 0.6) is 0 Å². The van der Waals surface area contributed by atoms with Crippen molar-refractivity contribution in [2.75, 3.05) is 32.2 Å². The van der Waals surface area contributed by atoms with Gasteiger partial charge in [0.25, 0.3) is 0 Å². The maximum atomic E-state index is 12.2. The van der Waals surface area contributed by atoms with Crippen LogP contribution in [0.4, 0.5) is 5.00 Å². The first-order valence-electron chi connectivity index (χ1n) is 8.32. The summed E-state index contributed by atoms with van der Waals surface area (Å²) in [6.45, 7) is 2.52. The fourth-order valence-electron chi connectivity index (χ4n) is 2.63. The van der Waals surface area contributed by atoms with Gasteiger partial charge in [0.2, 0.25) is 5.91 Å². The second kappa shape index (κ2) is 9.53. The van der Waals surface area contributed by atoms with Gasteiger partial charge in [-0.25, -0.2) is 4.79 Å². The van der Waals surface area contributed by atoms with Crippen molar-refractivity contribution in [1.29, 1.82) is 0 Å². The molecule has 25 heavy (non-hydrogen) atoms. The highest BCUT2D eigenvalue weighted by atomic mass is 32.1. The first kappa shape index (κ1) is 19.4. The van der Waals surface area contributed by atoms with Crippen molar-refractivity contribution in [3.05, 3.63) is 16.0 Å². The number of methoxy groups -OCH3 is 1. The lowest BCUT2D eigenvalue weighted by Gasteiger charge is -2.08. The average molecular weight is 369 g/mol. The summed E-state index contributed by atoms with van der Waals surface area (Å²) >= 11 is 1.42. The first-order valence-corrected chi connectivity index (χ1v) is 9.14. The zero-order valence-corrected chi connectivity index (χ0v) is 15.3. The molecule has 0 aliphatic heterocycles. The van der Waals surface area contributed by atoms with Crippen LogP contribution in [0.1, 0.15) is 47.0 Å². The number of fused-ring (bicyclic) bond motifs is 1. The Labute approximate surface area is 150 Å². The number of anilines is 1. The minimum Gasteiger partial charge on any atom is -0.463 e. The highest BCUT2D eigenvalue weighted by Gasteiger charge is 2.28. The number of hydrogen-bond donors (Lipinski definition) is 1. The molecule has 1 aromatic rings. The number of nitrogens with one attached hydrogen (secondary N) is 1. The molecule has 0 bridgehead atoms. The van der Waals surface area contributed by atoms with E-state index in [-0.39, 0.29) is 32.0 Å². The molecule has 0 aromatic carbocycles. The predicted molar refractivity (Wildman–Crippen MR) is 93.0 cm³/mol. The van der Waals surface area contributed by atoms with Gasteiger partial charge < -0.3 is 19.5 Å². The molecule has 8 heteroatoms. The van der Waals surface area contributed by atoms with Gasteiger partial charge in [0.1, 0.15) is 11.6 Å². The minimum absolute atomic E-state index is 0.00333.